The fourth-order valence-corrected chi connectivity index (χ4v) is 5.65. The molecule has 3 N–H and O–H groups in total. The van der Waals surface area contributed by atoms with Gasteiger partial charge in [-0.25, -0.2) is 9.37 Å². The molecule has 5 aromatic heterocycles. The van der Waals surface area contributed by atoms with E-state index in [-0.39, 0.29) is 17.6 Å². The molecule has 1 aliphatic rings. The number of amides is 1. The van der Waals surface area contributed by atoms with Gasteiger partial charge in [-0.3, -0.25) is 19.9 Å². The molecule has 40 heavy (non-hydrogen) atoms. The summed E-state index contributed by atoms with van der Waals surface area (Å²) >= 11 is 0. The van der Waals surface area contributed by atoms with Crippen molar-refractivity contribution in [3.63, 3.8) is 0 Å². The van der Waals surface area contributed by atoms with Crippen LogP contribution in [0.5, 0.6) is 0 Å². The number of H-pyrrole nitrogens is 2. The maximum absolute atomic E-state index is 14.2. The monoisotopic (exact) mass is 531 g/mol. The molecule has 1 aromatic carbocycles. The number of nitrogens with zero attached hydrogens (tertiary/aromatic N) is 4. The molecule has 1 amide bonds. The quantitative estimate of drug-likeness (QED) is 0.226. The first-order valence-corrected chi connectivity index (χ1v) is 13.4. The van der Waals surface area contributed by atoms with Crippen LogP contribution in [0.2, 0.25) is 0 Å². The van der Waals surface area contributed by atoms with E-state index in [1.807, 2.05) is 37.3 Å². The molecule has 1 aliphatic carbocycles. The Hall–Kier alpha value is -4.92. The predicted octanol–water partition coefficient (Wildman–Crippen LogP) is 6.81. The minimum absolute atomic E-state index is 0.0585. The lowest BCUT2D eigenvalue weighted by molar-refractivity contribution is -0.119. The summed E-state index contributed by atoms with van der Waals surface area (Å²) in [6.45, 7) is 1.87. The van der Waals surface area contributed by atoms with Gasteiger partial charge >= 0.3 is 0 Å². The second kappa shape index (κ2) is 9.68. The van der Waals surface area contributed by atoms with Gasteiger partial charge in [-0.1, -0.05) is 12.8 Å². The number of nitrogens with one attached hydrogen (secondary N) is 3. The lowest BCUT2D eigenvalue weighted by atomic mass is 10.0. The zero-order chi connectivity index (χ0) is 27.2. The molecule has 0 aliphatic heterocycles. The normalized spacial score (nSPS) is 13.8. The summed E-state index contributed by atoms with van der Waals surface area (Å²) in [6.07, 6.45) is 11.0. The standard InChI is InChI=1S/C31H26FN7O/c1-17-8-19(10-22(32)9-17)28-24-13-27(37-26(24)6-7-34-28)29-25-12-21(15-35-30(25)39-38-29)20-11-23(16-33-14-20)36-31(40)18-4-2-3-5-18/h6-16,18,37H,2-5H2,1H3,(H,36,40)(H,35,38,39). The first kappa shape index (κ1) is 24.1. The molecule has 0 spiro atoms. The number of rotatable bonds is 5. The molecular weight excluding hydrogens is 505 g/mol. The SMILES string of the molecule is Cc1cc(F)cc(-c2nccc3[nH]c(-c4[nH]nc5ncc(-c6cncc(NC(=O)C7CCCC7)c6)cc45)cc23)c1. The Morgan fingerprint density at radius 2 is 1.80 bits per heavy atom. The molecule has 0 radical (unpaired) electrons. The highest BCUT2D eigenvalue weighted by molar-refractivity contribution is 6.00. The Labute approximate surface area is 229 Å². The van der Waals surface area contributed by atoms with Crippen LogP contribution >= 0.6 is 0 Å². The highest BCUT2D eigenvalue weighted by Gasteiger charge is 2.23. The van der Waals surface area contributed by atoms with E-state index in [1.165, 1.54) is 12.1 Å². The number of halogens is 1. The molecule has 7 rings (SSSR count). The maximum atomic E-state index is 14.2. The van der Waals surface area contributed by atoms with Gasteiger partial charge in [0.15, 0.2) is 5.65 Å². The Bertz CT molecular complexity index is 1880. The van der Waals surface area contributed by atoms with Crippen LogP contribution in [0.15, 0.2) is 67.3 Å². The van der Waals surface area contributed by atoms with Crippen LogP contribution in [0.3, 0.4) is 0 Å². The molecular formula is C31H26FN7O. The fraction of sp³-hybridized carbons (Fsp3) is 0.194. The van der Waals surface area contributed by atoms with E-state index >= 15 is 0 Å². The van der Waals surface area contributed by atoms with E-state index < -0.39 is 0 Å². The van der Waals surface area contributed by atoms with Gasteiger partial charge in [0, 0.05) is 57.5 Å². The van der Waals surface area contributed by atoms with Crippen molar-refractivity contribution >= 4 is 33.5 Å². The van der Waals surface area contributed by atoms with Gasteiger partial charge in [0.1, 0.15) is 5.82 Å². The summed E-state index contributed by atoms with van der Waals surface area (Å²) in [7, 11) is 0. The van der Waals surface area contributed by atoms with Crippen LogP contribution < -0.4 is 5.32 Å². The Morgan fingerprint density at radius 3 is 2.65 bits per heavy atom. The van der Waals surface area contributed by atoms with E-state index in [9.17, 15) is 9.18 Å². The summed E-state index contributed by atoms with van der Waals surface area (Å²) in [5.74, 6) is -0.158. The number of pyridine rings is 3. The maximum Gasteiger partial charge on any atom is 0.227 e. The van der Waals surface area contributed by atoms with Crippen molar-refractivity contribution in [3.05, 3.63) is 78.6 Å². The van der Waals surface area contributed by atoms with E-state index in [1.54, 1.807) is 24.8 Å². The Balaban J connectivity index is 1.25. The van der Waals surface area contributed by atoms with Gasteiger partial charge in [0.25, 0.3) is 0 Å². The average molecular weight is 532 g/mol. The Kier molecular flexibility index (Phi) is 5.84. The zero-order valence-corrected chi connectivity index (χ0v) is 21.8. The van der Waals surface area contributed by atoms with Crippen molar-refractivity contribution in [2.75, 3.05) is 5.32 Å². The van der Waals surface area contributed by atoms with Crippen molar-refractivity contribution < 1.29 is 9.18 Å². The Morgan fingerprint density at radius 1 is 0.950 bits per heavy atom. The molecule has 0 saturated heterocycles. The number of hydrogen-bond donors (Lipinski definition) is 3. The van der Waals surface area contributed by atoms with Gasteiger partial charge in [-0.15, -0.1) is 0 Å². The van der Waals surface area contributed by atoms with E-state index in [4.69, 9.17) is 0 Å². The molecule has 0 unspecified atom stereocenters. The second-order valence-corrected chi connectivity index (χ2v) is 10.4. The number of aromatic nitrogens is 6. The van der Waals surface area contributed by atoms with Gasteiger partial charge < -0.3 is 10.3 Å². The number of carbonyl (C=O) groups excluding carboxylic acids is 1. The second-order valence-electron chi connectivity index (χ2n) is 10.4. The van der Waals surface area contributed by atoms with E-state index in [0.717, 1.165) is 75.6 Å². The largest absolute Gasteiger partial charge is 0.353 e. The molecule has 5 heterocycles. The van der Waals surface area contributed by atoms with Crippen molar-refractivity contribution in [3.8, 4) is 33.8 Å². The molecule has 1 saturated carbocycles. The minimum atomic E-state index is -0.292. The van der Waals surface area contributed by atoms with Crippen molar-refractivity contribution in [1.29, 1.82) is 0 Å². The topological polar surface area (TPSA) is 112 Å². The number of aryl methyl sites for hydroxylation is 1. The number of aromatic amines is 2. The number of fused-ring (bicyclic) bond motifs is 2. The van der Waals surface area contributed by atoms with Crippen molar-refractivity contribution in [1.82, 2.24) is 30.1 Å². The van der Waals surface area contributed by atoms with Gasteiger partial charge in [-0.05, 0) is 67.8 Å². The molecule has 6 aromatic rings. The van der Waals surface area contributed by atoms with Crippen LogP contribution in [-0.4, -0.2) is 36.0 Å². The third kappa shape index (κ3) is 4.39. The summed E-state index contributed by atoms with van der Waals surface area (Å²) in [5, 5.41) is 12.3. The number of anilines is 1. The molecule has 0 bridgehead atoms. The first-order valence-electron chi connectivity index (χ1n) is 13.4. The highest BCUT2D eigenvalue weighted by Crippen LogP contribution is 2.34. The first-order chi connectivity index (χ1) is 19.5. The molecule has 8 nitrogen and oxygen atoms in total. The molecule has 1 fully saturated rings. The molecule has 198 valence electrons. The van der Waals surface area contributed by atoms with Crippen LogP contribution in [0.4, 0.5) is 10.1 Å². The number of hydrogen-bond acceptors (Lipinski definition) is 5. The number of benzene rings is 1. The predicted molar refractivity (Wildman–Crippen MR) is 153 cm³/mol. The van der Waals surface area contributed by atoms with Gasteiger partial charge in [0.05, 0.1) is 29.0 Å². The molecule has 9 heteroatoms. The summed E-state index contributed by atoms with van der Waals surface area (Å²) in [5.41, 5.74) is 7.68. The third-order valence-electron chi connectivity index (χ3n) is 7.61. The number of carbonyl (C=O) groups is 1. The van der Waals surface area contributed by atoms with E-state index in [2.05, 4.69) is 35.5 Å². The fourth-order valence-electron chi connectivity index (χ4n) is 5.65. The summed E-state index contributed by atoms with van der Waals surface area (Å²) in [6, 6.07) is 12.8. The minimum Gasteiger partial charge on any atom is -0.353 e. The van der Waals surface area contributed by atoms with Crippen LogP contribution in [0, 0.1) is 18.7 Å². The summed E-state index contributed by atoms with van der Waals surface area (Å²) < 4.78 is 14.2. The van der Waals surface area contributed by atoms with Crippen molar-refractivity contribution in [2.24, 2.45) is 5.92 Å². The van der Waals surface area contributed by atoms with E-state index in [0.29, 0.717) is 17.0 Å². The highest BCUT2D eigenvalue weighted by atomic mass is 19.1. The molecule has 0 atom stereocenters. The van der Waals surface area contributed by atoms with Gasteiger partial charge in [0.2, 0.25) is 5.91 Å². The van der Waals surface area contributed by atoms with Gasteiger partial charge in [-0.2, -0.15) is 5.10 Å². The smallest absolute Gasteiger partial charge is 0.227 e. The average Bonchev–Trinajstić information content (AvgIpc) is 3.71. The van der Waals surface area contributed by atoms with Crippen molar-refractivity contribution in [2.45, 2.75) is 32.6 Å². The zero-order valence-electron chi connectivity index (χ0n) is 21.8. The third-order valence-corrected chi connectivity index (χ3v) is 7.61. The van der Waals surface area contributed by atoms with Crippen LogP contribution in [-0.2, 0) is 4.79 Å². The van der Waals surface area contributed by atoms with Crippen LogP contribution in [0.25, 0.3) is 55.7 Å². The lowest BCUT2D eigenvalue weighted by Crippen LogP contribution is -2.20. The van der Waals surface area contributed by atoms with Crippen LogP contribution in [0.1, 0.15) is 31.2 Å². The lowest BCUT2D eigenvalue weighted by Gasteiger charge is -2.11. The summed E-state index contributed by atoms with van der Waals surface area (Å²) in [4.78, 5) is 29.6.